The molecule has 21 heavy (non-hydrogen) atoms. The third-order valence-corrected chi connectivity index (χ3v) is 8.24. The third-order valence-electron chi connectivity index (χ3n) is 8.24. The number of carbonyl (C=O) groups is 2. The second-order valence-electron chi connectivity index (χ2n) is 9.27. The molecule has 5 aliphatic rings. The molecule has 0 aromatic carbocycles. The fraction of sp³-hybridized carbons (Fsp3) is 0.895. The van der Waals surface area contributed by atoms with E-state index in [0.717, 1.165) is 38.5 Å². The van der Waals surface area contributed by atoms with Crippen LogP contribution in [0.3, 0.4) is 0 Å². The maximum Gasteiger partial charge on any atom is 0.138 e. The van der Waals surface area contributed by atoms with Crippen LogP contribution in [0.5, 0.6) is 0 Å². The fourth-order valence-corrected chi connectivity index (χ4v) is 7.08. The molecule has 0 saturated heterocycles. The summed E-state index contributed by atoms with van der Waals surface area (Å²) in [5.74, 6) is 2.57. The molecule has 5 aliphatic carbocycles. The Kier molecular flexibility index (Phi) is 2.66. The van der Waals surface area contributed by atoms with Gasteiger partial charge in [-0.3, -0.25) is 9.59 Å². The summed E-state index contributed by atoms with van der Waals surface area (Å²) in [6.07, 6.45) is 8.54. The highest BCUT2D eigenvalue weighted by Gasteiger charge is 2.65. The summed E-state index contributed by atoms with van der Waals surface area (Å²) in [4.78, 5) is 24.7. The molecular formula is C19H28O2. The number of fused-ring (bicyclic) bond motifs is 3. The van der Waals surface area contributed by atoms with Crippen molar-refractivity contribution in [2.75, 3.05) is 0 Å². The summed E-state index contributed by atoms with van der Waals surface area (Å²) in [5, 5.41) is 0. The molecule has 0 unspecified atom stereocenters. The van der Waals surface area contributed by atoms with Crippen molar-refractivity contribution in [1.29, 1.82) is 0 Å². The molecule has 5 fully saturated rings. The van der Waals surface area contributed by atoms with Crippen molar-refractivity contribution in [2.45, 2.75) is 72.1 Å². The molecule has 116 valence electrons. The Balaban J connectivity index is 1.76. The highest BCUT2D eigenvalue weighted by atomic mass is 16.1. The van der Waals surface area contributed by atoms with Crippen LogP contribution in [0.4, 0.5) is 0 Å². The SMILES string of the molecule is CC1(C)C(=O)CC[C@]2(C)[C@@H]1CC[C@@]13CC[C@@H](C[C@H]12)C(=O)C3. The number of hydrogen-bond acceptors (Lipinski definition) is 2. The van der Waals surface area contributed by atoms with Crippen LogP contribution in [0.25, 0.3) is 0 Å². The molecule has 2 nitrogen and oxygen atoms in total. The lowest BCUT2D eigenvalue weighted by atomic mass is 9.37. The minimum Gasteiger partial charge on any atom is -0.299 e. The van der Waals surface area contributed by atoms with Gasteiger partial charge in [0.25, 0.3) is 0 Å². The molecule has 5 rings (SSSR count). The second-order valence-corrected chi connectivity index (χ2v) is 9.27. The molecule has 1 spiro atoms. The summed E-state index contributed by atoms with van der Waals surface area (Å²) in [5.41, 5.74) is 0.428. The summed E-state index contributed by atoms with van der Waals surface area (Å²) >= 11 is 0. The van der Waals surface area contributed by atoms with E-state index in [0.29, 0.717) is 34.7 Å². The van der Waals surface area contributed by atoms with Crippen LogP contribution in [0.2, 0.25) is 0 Å². The Bertz CT molecular complexity index is 520. The first kappa shape index (κ1) is 14.0. The molecule has 0 N–H and O–H groups in total. The van der Waals surface area contributed by atoms with Crippen LogP contribution in [0, 0.1) is 34.0 Å². The Hall–Kier alpha value is -0.660. The van der Waals surface area contributed by atoms with Crippen molar-refractivity contribution < 1.29 is 9.59 Å². The minimum absolute atomic E-state index is 0.157. The molecule has 5 saturated carbocycles. The normalized spacial score (nSPS) is 51.5. The van der Waals surface area contributed by atoms with Gasteiger partial charge < -0.3 is 0 Å². The second kappa shape index (κ2) is 4.00. The van der Waals surface area contributed by atoms with Crippen LogP contribution in [0.15, 0.2) is 0 Å². The van der Waals surface area contributed by atoms with E-state index < -0.39 is 0 Å². The van der Waals surface area contributed by atoms with Crippen LogP contribution < -0.4 is 0 Å². The van der Waals surface area contributed by atoms with Crippen molar-refractivity contribution in [1.82, 2.24) is 0 Å². The lowest BCUT2D eigenvalue weighted by molar-refractivity contribution is -0.187. The average Bonchev–Trinajstić information content (AvgIpc) is 2.43. The van der Waals surface area contributed by atoms with E-state index in [1.807, 2.05) is 0 Å². The van der Waals surface area contributed by atoms with Crippen LogP contribution >= 0.6 is 0 Å². The first-order chi connectivity index (χ1) is 9.80. The standard InChI is InChI=1S/C19H28O2/c1-17(2)14-5-9-19-8-4-12(13(20)11-19)10-15(19)18(14,3)7-6-16(17)21/h12,14-15H,4-11H2,1-3H3/t12-,14+,15-,18+,19+/m0/s1. The number of carbonyl (C=O) groups excluding carboxylic acids is 2. The van der Waals surface area contributed by atoms with E-state index in [4.69, 9.17) is 0 Å². The molecule has 0 heterocycles. The zero-order valence-electron chi connectivity index (χ0n) is 13.7. The van der Waals surface area contributed by atoms with Gasteiger partial charge in [0, 0.05) is 24.2 Å². The quantitative estimate of drug-likeness (QED) is 0.670. The smallest absolute Gasteiger partial charge is 0.138 e. The van der Waals surface area contributed by atoms with Gasteiger partial charge in [0.05, 0.1) is 0 Å². The molecule has 0 aliphatic heterocycles. The summed E-state index contributed by atoms with van der Waals surface area (Å²) in [6.45, 7) is 6.83. The number of hydrogen-bond donors (Lipinski definition) is 0. The lowest BCUT2D eigenvalue weighted by Gasteiger charge is -2.66. The van der Waals surface area contributed by atoms with E-state index >= 15 is 0 Å². The predicted octanol–water partition coefficient (Wildman–Crippen LogP) is 4.17. The van der Waals surface area contributed by atoms with Crippen molar-refractivity contribution in [3.8, 4) is 0 Å². The zero-order chi connectivity index (χ0) is 15.0. The molecular weight excluding hydrogens is 260 g/mol. The van der Waals surface area contributed by atoms with Crippen LogP contribution in [-0.4, -0.2) is 11.6 Å². The van der Waals surface area contributed by atoms with Crippen molar-refractivity contribution >= 4 is 11.6 Å². The molecule has 5 atom stereocenters. The van der Waals surface area contributed by atoms with Gasteiger partial charge >= 0.3 is 0 Å². The highest BCUT2D eigenvalue weighted by Crippen LogP contribution is 2.70. The Morgan fingerprint density at radius 3 is 2.38 bits per heavy atom. The van der Waals surface area contributed by atoms with Crippen LogP contribution in [0.1, 0.15) is 72.1 Å². The van der Waals surface area contributed by atoms with E-state index in [2.05, 4.69) is 20.8 Å². The van der Waals surface area contributed by atoms with E-state index in [-0.39, 0.29) is 10.8 Å². The van der Waals surface area contributed by atoms with Gasteiger partial charge in [0.15, 0.2) is 0 Å². The van der Waals surface area contributed by atoms with Crippen LogP contribution in [-0.2, 0) is 9.59 Å². The summed E-state index contributed by atoms with van der Waals surface area (Å²) in [7, 11) is 0. The monoisotopic (exact) mass is 288 g/mol. The largest absolute Gasteiger partial charge is 0.299 e. The fourth-order valence-electron chi connectivity index (χ4n) is 7.08. The molecule has 0 aromatic heterocycles. The van der Waals surface area contributed by atoms with Crippen molar-refractivity contribution in [2.24, 2.45) is 34.0 Å². The maximum absolute atomic E-state index is 12.4. The molecule has 2 bridgehead atoms. The molecule has 0 radical (unpaired) electrons. The third kappa shape index (κ3) is 1.60. The Morgan fingerprint density at radius 2 is 1.67 bits per heavy atom. The zero-order valence-corrected chi connectivity index (χ0v) is 13.7. The lowest BCUT2D eigenvalue weighted by Crippen LogP contribution is -2.62. The maximum atomic E-state index is 12.4. The number of Topliss-reactive ketones (excluding diaryl/α,β-unsaturated/α-hetero) is 2. The summed E-state index contributed by atoms with van der Waals surface area (Å²) < 4.78 is 0. The Labute approximate surface area is 128 Å². The topological polar surface area (TPSA) is 34.1 Å². The van der Waals surface area contributed by atoms with E-state index in [9.17, 15) is 9.59 Å². The minimum atomic E-state index is -0.157. The highest BCUT2D eigenvalue weighted by molar-refractivity contribution is 5.86. The van der Waals surface area contributed by atoms with Gasteiger partial charge in [-0.25, -0.2) is 0 Å². The van der Waals surface area contributed by atoms with E-state index in [1.54, 1.807) is 0 Å². The predicted molar refractivity (Wildman–Crippen MR) is 81.7 cm³/mol. The van der Waals surface area contributed by atoms with Gasteiger partial charge in [-0.15, -0.1) is 0 Å². The summed E-state index contributed by atoms with van der Waals surface area (Å²) in [6, 6.07) is 0. The Morgan fingerprint density at radius 1 is 0.952 bits per heavy atom. The van der Waals surface area contributed by atoms with Gasteiger partial charge in [-0.2, -0.15) is 0 Å². The molecule has 2 heteroatoms. The van der Waals surface area contributed by atoms with E-state index in [1.165, 1.54) is 12.8 Å². The average molecular weight is 288 g/mol. The molecule has 0 amide bonds. The van der Waals surface area contributed by atoms with Crippen molar-refractivity contribution in [3.05, 3.63) is 0 Å². The first-order valence-corrected chi connectivity index (χ1v) is 8.86. The van der Waals surface area contributed by atoms with Gasteiger partial charge in [0.1, 0.15) is 11.6 Å². The number of rotatable bonds is 0. The van der Waals surface area contributed by atoms with Gasteiger partial charge in [-0.05, 0) is 61.2 Å². The van der Waals surface area contributed by atoms with Crippen molar-refractivity contribution in [3.63, 3.8) is 0 Å². The first-order valence-electron chi connectivity index (χ1n) is 8.86. The number of ketones is 2. The van der Waals surface area contributed by atoms with Gasteiger partial charge in [0.2, 0.25) is 0 Å². The van der Waals surface area contributed by atoms with Gasteiger partial charge in [-0.1, -0.05) is 20.8 Å². The molecule has 0 aromatic rings.